The van der Waals surface area contributed by atoms with Gasteiger partial charge in [0, 0.05) is 6.42 Å². The third kappa shape index (κ3) is 10.8. The van der Waals surface area contributed by atoms with Crippen molar-refractivity contribution in [2.45, 2.75) is 116 Å². The van der Waals surface area contributed by atoms with E-state index in [0.717, 1.165) is 24.1 Å². The molecular weight excluding hydrogens is 344 g/mol. The van der Waals surface area contributed by atoms with Crippen LogP contribution in [0.15, 0.2) is 17.1 Å². The van der Waals surface area contributed by atoms with Gasteiger partial charge in [-0.2, -0.15) is 0 Å². The van der Waals surface area contributed by atoms with Crippen LogP contribution in [0.25, 0.3) is 0 Å². The van der Waals surface area contributed by atoms with Gasteiger partial charge in [0.15, 0.2) is 6.17 Å². The molecule has 0 saturated carbocycles. The van der Waals surface area contributed by atoms with E-state index in [1.165, 1.54) is 96.3 Å². The molecule has 0 aromatic carbocycles. The molecule has 0 saturated heterocycles. The molecule has 1 aliphatic heterocycles. The van der Waals surface area contributed by atoms with E-state index in [4.69, 9.17) is 4.99 Å². The summed E-state index contributed by atoms with van der Waals surface area (Å²) in [4.78, 5) is 4.72. The van der Waals surface area contributed by atoms with E-state index in [-0.39, 0.29) is 6.61 Å². The number of aliphatic imine (C=N–C) groups is 1. The number of hydrogen-bond donors (Lipinski definition) is 1. The Morgan fingerprint density at radius 3 is 1.93 bits per heavy atom. The van der Waals surface area contributed by atoms with E-state index < -0.39 is 0 Å². The van der Waals surface area contributed by atoms with Crippen molar-refractivity contribution < 1.29 is 9.59 Å². The van der Waals surface area contributed by atoms with Crippen molar-refractivity contribution in [3.63, 3.8) is 0 Å². The second-order valence-corrected chi connectivity index (χ2v) is 8.72. The fourth-order valence-corrected chi connectivity index (χ4v) is 4.58. The highest BCUT2D eigenvalue weighted by atomic mass is 16.3. The van der Waals surface area contributed by atoms with Crippen LogP contribution in [0.4, 0.5) is 0 Å². The molecule has 0 aliphatic carbocycles. The number of quaternary nitrogens is 1. The van der Waals surface area contributed by atoms with Crippen LogP contribution < -0.4 is 0 Å². The number of unbranched alkanes of at least 4 members (excludes halogenated alkanes) is 13. The molecule has 0 fully saturated rings. The quantitative estimate of drug-likeness (QED) is 0.149. The minimum absolute atomic E-state index is 0.282. The Morgan fingerprint density at radius 1 is 0.893 bits per heavy atom. The molecule has 1 rings (SSSR count). The first kappa shape index (κ1) is 25.4. The molecule has 3 nitrogen and oxygen atoms in total. The van der Waals surface area contributed by atoms with Gasteiger partial charge in [-0.25, -0.2) is 4.99 Å². The van der Waals surface area contributed by atoms with Crippen molar-refractivity contribution in [2.24, 2.45) is 4.99 Å². The van der Waals surface area contributed by atoms with Crippen molar-refractivity contribution in [1.82, 2.24) is 0 Å². The van der Waals surface area contributed by atoms with Crippen LogP contribution >= 0.6 is 0 Å². The summed E-state index contributed by atoms with van der Waals surface area (Å²) in [5.41, 5.74) is 0. The first-order valence-electron chi connectivity index (χ1n) is 12.4. The molecule has 0 amide bonds. The van der Waals surface area contributed by atoms with Crippen LogP contribution in [0.2, 0.25) is 0 Å². The largest absolute Gasteiger partial charge is 0.391 e. The van der Waals surface area contributed by atoms with E-state index in [2.05, 4.69) is 32.2 Å². The Morgan fingerprint density at radius 2 is 1.43 bits per heavy atom. The van der Waals surface area contributed by atoms with Crippen molar-refractivity contribution in [3.8, 4) is 0 Å². The van der Waals surface area contributed by atoms with Gasteiger partial charge in [-0.3, -0.25) is 4.48 Å². The Hall–Kier alpha value is -0.670. The Labute approximate surface area is 175 Å². The van der Waals surface area contributed by atoms with Gasteiger partial charge in [0.05, 0.1) is 19.4 Å². The first-order valence-corrected chi connectivity index (χ1v) is 12.4. The fourth-order valence-electron chi connectivity index (χ4n) is 4.58. The lowest BCUT2D eigenvalue weighted by molar-refractivity contribution is -0.936. The highest BCUT2D eigenvalue weighted by Crippen LogP contribution is 2.24. The minimum Gasteiger partial charge on any atom is -0.391 e. The van der Waals surface area contributed by atoms with Gasteiger partial charge in [0.25, 0.3) is 0 Å². The molecule has 0 aromatic heterocycles. The summed E-state index contributed by atoms with van der Waals surface area (Å²) in [6.07, 6.45) is 27.7. The number of likely N-dealkylation sites (N-methyl/N-ethyl adjacent to an activating group) is 1. The van der Waals surface area contributed by atoms with Crippen LogP contribution in [0.1, 0.15) is 110 Å². The normalized spacial score (nSPS) is 21.9. The van der Waals surface area contributed by atoms with E-state index in [0.29, 0.717) is 6.17 Å². The fraction of sp³-hybridized carbons (Fsp3) is 0.880. The number of hydrogen-bond acceptors (Lipinski definition) is 2. The summed E-state index contributed by atoms with van der Waals surface area (Å²) in [5.74, 6) is 0. The Kier molecular flexibility index (Phi) is 15.6. The molecule has 0 aromatic rings. The number of aliphatic hydroxyl groups excluding tert-OH is 1. The lowest BCUT2D eigenvalue weighted by Gasteiger charge is -2.37. The molecule has 0 radical (unpaired) electrons. The summed E-state index contributed by atoms with van der Waals surface area (Å²) in [7, 11) is 0. The lowest BCUT2D eigenvalue weighted by atomic mass is 10.0. The zero-order valence-electron chi connectivity index (χ0n) is 19.1. The van der Waals surface area contributed by atoms with Crippen molar-refractivity contribution in [2.75, 3.05) is 26.2 Å². The highest BCUT2D eigenvalue weighted by Gasteiger charge is 2.36. The third-order valence-electron chi connectivity index (χ3n) is 6.60. The summed E-state index contributed by atoms with van der Waals surface area (Å²) in [6.45, 7) is 7.59. The summed E-state index contributed by atoms with van der Waals surface area (Å²) in [6, 6.07) is 0. The van der Waals surface area contributed by atoms with E-state index >= 15 is 0 Å². The number of allylic oxidation sites excluding steroid dienone is 2. The van der Waals surface area contributed by atoms with Crippen LogP contribution in [0.5, 0.6) is 0 Å². The highest BCUT2D eigenvalue weighted by molar-refractivity contribution is 5.60. The molecule has 0 bridgehead atoms. The lowest BCUT2D eigenvalue weighted by Crippen LogP contribution is -2.53. The standard InChI is InChI=1S/C25H49N2O/c1-3-5-6-7-8-9-10-11-12-13-14-15-16-17-18-19-20-25-26-21-22-27(25,4-2)23-24-28/h3,5,21,25,28H,4,6-20,22-24H2,1-2H3/q+1/b5-3+. The SMILES string of the molecule is C/C=C/CCCCCCCCCCCCCCCC1N=CC[N+]1(CC)CCO. The van der Waals surface area contributed by atoms with Crippen LogP contribution in [0, 0.1) is 0 Å². The molecule has 2 unspecified atom stereocenters. The third-order valence-corrected chi connectivity index (χ3v) is 6.60. The number of aliphatic hydroxyl groups is 1. The van der Waals surface area contributed by atoms with Gasteiger partial charge in [-0.15, -0.1) is 0 Å². The van der Waals surface area contributed by atoms with Crippen molar-refractivity contribution in [3.05, 3.63) is 12.2 Å². The maximum absolute atomic E-state index is 9.38. The van der Waals surface area contributed by atoms with Gasteiger partial charge in [0.2, 0.25) is 0 Å². The molecule has 3 heteroatoms. The summed E-state index contributed by atoms with van der Waals surface area (Å²) in [5, 5.41) is 9.38. The predicted molar refractivity (Wildman–Crippen MR) is 124 cm³/mol. The van der Waals surface area contributed by atoms with Gasteiger partial charge in [0.1, 0.15) is 13.1 Å². The maximum Gasteiger partial charge on any atom is 0.182 e. The van der Waals surface area contributed by atoms with Gasteiger partial charge >= 0.3 is 0 Å². The minimum atomic E-state index is 0.282. The Bertz CT molecular complexity index is 407. The molecule has 164 valence electrons. The molecule has 1 aliphatic rings. The molecular formula is C25H49N2O+. The van der Waals surface area contributed by atoms with Crippen molar-refractivity contribution >= 4 is 6.21 Å². The predicted octanol–water partition coefficient (Wildman–Crippen LogP) is 6.65. The molecule has 0 spiro atoms. The maximum atomic E-state index is 9.38. The van der Waals surface area contributed by atoms with Crippen LogP contribution in [-0.2, 0) is 0 Å². The molecule has 2 atom stereocenters. The molecule has 1 N–H and O–H groups in total. The topological polar surface area (TPSA) is 32.6 Å². The second kappa shape index (κ2) is 17.2. The monoisotopic (exact) mass is 393 g/mol. The van der Waals surface area contributed by atoms with E-state index in [1.807, 2.05) is 0 Å². The smallest absolute Gasteiger partial charge is 0.182 e. The number of nitrogens with zero attached hydrogens (tertiary/aromatic N) is 2. The Balaban J connectivity index is 1.86. The van der Waals surface area contributed by atoms with Gasteiger partial charge in [-0.1, -0.05) is 82.8 Å². The second-order valence-electron chi connectivity index (χ2n) is 8.72. The van der Waals surface area contributed by atoms with E-state index in [1.54, 1.807) is 0 Å². The van der Waals surface area contributed by atoms with Crippen LogP contribution in [-0.4, -0.2) is 48.2 Å². The van der Waals surface area contributed by atoms with Gasteiger partial charge < -0.3 is 5.11 Å². The average molecular weight is 394 g/mol. The molecule has 28 heavy (non-hydrogen) atoms. The van der Waals surface area contributed by atoms with Gasteiger partial charge in [-0.05, 0) is 33.1 Å². The van der Waals surface area contributed by atoms with E-state index in [9.17, 15) is 5.11 Å². The van der Waals surface area contributed by atoms with Crippen LogP contribution in [0.3, 0.4) is 0 Å². The zero-order chi connectivity index (χ0) is 20.3. The first-order chi connectivity index (χ1) is 13.8. The average Bonchev–Trinajstić information content (AvgIpc) is 3.11. The summed E-state index contributed by atoms with van der Waals surface area (Å²) >= 11 is 0. The number of rotatable bonds is 19. The zero-order valence-corrected chi connectivity index (χ0v) is 19.1. The van der Waals surface area contributed by atoms with Crippen molar-refractivity contribution in [1.29, 1.82) is 0 Å². The molecule has 1 heterocycles. The summed E-state index contributed by atoms with van der Waals surface area (Å²) < 4.78 is 0.978.